The van der Waals surface area contributed by atoms with Crippen molar-refractivity contribution in [1.82, 2.24) is 0 Å². The van der Waals surface area contributed by atoms with Crippen LogP contribution in [0.5, 0.6) is 0 Å². The van der Waals surface area contributed by atoms with Gasteiger partial charge in [-0.25, -0.2) is 4.39 Å². The molecular weight excluding hydrogens is 281 g/mol. The lowest BCUT2D eigenvalue weighted by Gasteiger charge is -2.17. The summed E-state index contributed by atoms with van der Waals surface area (Å²) in [6.45, 7) is 4.88. The first-order valence-electron chi connectivity index (χ1n) is 6.89. The van der Waals surface area contributed by atoms with Crippen LogP contribution < -0.4 is 0 Å². The van der Waals surface area contributed by atoms with Crippen molar-refractivity contribution < 1.29 is 4.39 Å². The third kappa shape index (κ3) is 2.93. The zero-order chi connectivity index (χ0) is 14.8. The molecule has 0 saturated heterocycles. The third-order valence-electron chi connectivity index (χ3n) is 3.58. The molecule has 3 heteroatoms. The molecule has 1 nitrogen and oxygen atoms in total. The van der Waals surface area contributed by atoms with Gasteiger partial charge < -0.3 is 0 Å². The maximum absolute atomic E-state index is 13.5. The molecule has 1 aliphatic rings. The van der Waals surface area contributed by atoms with Gasteiger partial charge in [-0.1, -0.05) is 42.1 Å². The van der Waals surface area contributed by atoms with Crippen molar-refractivity contribution in [3.63, 3.8) is 0 Å². The Morgan fingerprint density at radius 1 is 1.05 bits per heavy atom. The van der Waals surface area contributed by atoms with Gasteiger partial charge in [-0.15, -0.1) is 0 Å². The first-order chi connectivity index (χ1) is 10.1. The van der Waals surface area contributed by atoms with E-state index in [1.807, 2.05) is 18.2 Å². The lowest BCUT2D eigenvalue weighted by Crippen LogP contribution is -2.09. The maximum atomic E-state index is 13.5. The van der Waals surface area contributed by atoms with Gasteiger partial charge in [0.05, 0.1) is 12.3 Å². The third-order valence-corrected chi connectivity index (χ3v) is 4.81. The number of hydrogen-bond acceptors (Lipinski definition) is 2. The van der Waals surface area contributed by atoms with E-state index in [4.69, 9.17) is 4.99 Å². The average Bonchev–Trinajstić information content (AvgIpc) is 2.47. The van der Waals surface area contributed by atoms with E-state index >= 15 is 0 Å². The summed E-state index contributed by atoms with van der Waals surface area (Å²) in [5.41, 5.74) is 4.02. The second-order valence-electron chi connectivity index (χ2n) is 5.11. The van der Waals surface area contributed by atoms with E-state index < -0.39 is 0 Å². The largest absolute Gasteiger partial charge is 0.280 e. The zero-order valence-electron chi connectivity index (χ0n) is 12.1. The van der Waals surface area contributed by atoms with Crippen molar-refractivity contribution in [2.75, 3.05) is 6.54 Å². The number of fused-ring (bicyclic) bond motifs is 1. The predicted octanol–water partition coefficient (Wildman–Crippen LogP) is 5.06. The predicted molar refractivity (Wildman–Crippen MR) is 87.6 cm³/mol. The number of benzene rings is 2. The monoisotopic (exact) mass is 297 g/mol. The van der Waals surface area contributed by atoms with Gasteiger partial charge in [0.25, 0.3) is 0 Å². The van der Waals surface area contributed by atoms with Gasteiger partial charge in [0, 0.05) is 16.0 Å². The SMILES string of the molecule is C/C1=C(\C)Sc2ccccc2C(c2cccc(F)c2)=NC1. The molecule has 0 N–H and O–H groups in total. The van der Waals surface area contributed by atoms with Crippen LogP contribution in [-0.2, 0) is 0 Å². The molecule has 0 aromatic heterocycles. The smallest absolute Gasteiger partial charge is 0.123 e. The molecule has 0 bridgehead atoms. The zero-order valence-corrected chi connectivity index (χ0v) is 12.9. The molecule has 0 atom stereocenters. The second-order valence-corrected chi connectivity index (χ2v) is 6.37. The van der Waals surface area contributed by atoms with Crippen LogP contribution in [0.1, 0.15) is 25.0 Å². The number of halogens is 1. The number of thioether (sulfide) groups is 1. The van der Waals surface area contributed by atoms with Gasteiger partial charge in [0.2, 0.25) is 0 Å². The van der Waals surface area contributed by atoms with Crippen molar-refractivity contribution in [3.05, 3.63) is 76.0 Å². The molecule has 21 heavy (non-hydrogen) atoms. The fraction of sp³-hybridized carbons (Fsp3) is 0.167. The molecule has 106 valence electrons. The summed E-state index contributed by atoms with van der Waals surface area (Å²) in [6.07, 6.45) is 0. The van der Waals surface area contributed by atoms with Crippen LogP contribution in [-0.4, -0.2) is 12.3 Å². The summed E-state index contributed by atoms with van der Waals surface area (Å²) in [6, 6.07) is 14.8. The Balaban J connectivity index is 2.19. The van der Waals surface area contributed by atoms with Crippen molar-refractivity contribution in [2.45, 2.75) is 18.7 Å². The van der Waals surface area contributed by atoms with E-state index in [1.54, 1.807) is 23.9 Å². The average molecular weight is 297 g/mol. The number of hydrogen-bond donors (Lipinski definition) is 0. The highest BCUT2D eigenvalue weighted by molar-refractivity contribution is 8.03. The molecule has 0 aliphatic carbocycles. The molecule has 0 amide bonds. The van der Waals surface area contributed by atoms with Crippen molar-refractivity contribution in [1.29, 1.82) is 0 Å². The Morgan fingerprint density at radius 3 is 2.67 bits per heavy atom. The molecule has 0 saturated carbocycles. The molecule has 3 rings (SSSR count). The molecule has 0 fully saturated rings. The van der Waals surface area contributed by atoms with Crippen molar-refractivity contribution >= 4 is 17.5 Å². The highest BCUT2D eigenvalue weighted by Gasteiger charge is 2.15. The first kappa shape index (κ1) is 14.1. The summed E-state index contributed by atoms with van der Waals surface area (Å²) in [5.74, 6) is -0.231. The van der Waals surface area contributed by atoms with Crippen LogP contribution in [0.25, 0.3) is 0 Å². The Hall–Kier alpha value is -1.87. The molecule has 0 spiro atoms. The van der Waals surface area contributed by atoms with Crippen LogP contribution >= 0.6 is 11.8 Å². The molecule has 1 aliphatic heterocycles. The molecule has 0 radical (unpaired) electrons. The normalized spacial score (nSPS) is 18.5. The molecule has 2 aromatic rings. The second kappa shape index (κ2) is 5.86. The van der Waals surface area contributed by atoms with Gasteiger partial charge >= 0.3 is 0 Å². The molecule has 0 unspecified atom stereocenters. The lowest BCUT2D eigenvalue weighted by molar-refractivity contribution is 0.627. The Morgan fingerprint density at radius 2 is 1.86 bits per heavy atom. The van der Waals surface area contributed by atoms with Gasteiger partial charge in [-0.3, -0.25) is 4.99 Å². The minimum Gasteiger partial charge on any atom is -0.280 e. The fourth-order valence-electron chi connectivity index (χ4n) is 2.28. The minimum absolute atomic E-state index is 0.231. The first-order valence-corrected chi connectivity index (χ1v) is 7.71. The van der Waals surface area contributed by atoms with E-state index in [0.717, 1.165) is 21.7 Å². The van der Waals surface area contributed by atoms with Gasteiger partial charge in [-0.2, -0.15) is 0 Å². The summed E-state index contributed by atoms with van der Waals surface area (Å²) < 4.78 is 13.5. The minimum atomic E-state index is -0.231. The summed E-state index contributed by atoms with van der Waals surface area (Å²) >= 11 is 1.76. The Labute approximate surface area is 128 Å². The van der Waals surface area contributed by atoms with E-state index in [-0.39, 0.29) is 5.82 Å². The molecule has 1 heterocycles. The van der Waals surface area contributed by atoms with E-state index in [1.165, 1.54) is 16.5 Å². The summed E-state index contributed by atoms with van der Waals surface area (Å²) in [4.78, 5) is 7.19. The van der Waals surface area contributed by atoms with Crippen LogP contribution in [0.15, 0.2) is 68.9 Å². The van der Waals surface area contributed by atoms with E-state index in [0.29, 0.717) is 6.54 Å². The maximum Gasteiger partial charge on any atom is 0.123 e. The molecular formula is C18H16FNS. The Kier molecular flexibility index (Phi) is 3.93. The van der Waals surface area contributed by atoms with Gasteiger partial charge in [-0.05, 0) is 42.5 Å². The van der Waals surface area contributed by atoms with Crippen molar-refractivity contribution in [3.8, 4) is 0 Å². The van der Waals surface area contributed by atoms with E-state index in [2.05, 4.69) is 26.0 Å². The highest BCUT2D eigenvalue weighted by Crippen LogP contribution is 2.34. The quantitative estimate of drug-likeness (QED) is 0.716. The Bertz CT molecular complexity index is 746. The van der Waals surface area contributed by atoms with Crippen LogP contribution in [0.4, 0.5) is 4.39 Å². The number of allylic oxidation sites excluding steroid dienone is 1. The number of nitrogens with zero attached hydrogens (tertiary/aromatic N) is 1. The topological polar surface area (TPSA) is 12.4 Å². The highest BCUT2D eigenvalue weighted by atomic mass is 32.2. The van der Waals surface area contributed by atoms with E-state index in [9.17, 15) is 4.39 Å². The molecule has 2 aromatic carbocycles. The van der Waals surface area contributed by atoms with Crippen molar-refractivity contribution in [2.24, 2.45) is 4.99 Å². The van der Waals surface area contributed by atoms with Crippen LogP contribution in [0.2, 0.25) is 0 Å². The number of rotatable bonds is 1. The van der Waals surface area contributed by atoms with Gasteiger partial charge in [0.15, 0.2) is 0 Å². The fourth-order valence-corrected chi connectivity index (χ4v) is 3.27. The lowest BCUT2D eigenvalue weighted by atomic mass is 10.0. The standard InChI is InChI=1S/C18H16FNS/c1-12-11-20-18(14-6-5-7-15(19)10-14)16-8-3-4-9-17(16)21-13(12)2/h3-10H,11H2,1-2H3/b13-12-,20-18?. The summed E-state index contributed by atoms with van der Waals surface area (Å²) in [7, 11) is 0. The summed E-state index contributed by atoms with van der Waals surface area (Å²) in [5, 5.41) is 0. The number of aliphatic imine (C=N–C) groups is 1. The van der Waals surface area contributed by atoms with Crippen LogP contribution in [0.3, 0.4) is 0 Å². The van der Waals surface area contributed by atoms with Gasteiger partial charge in [0.1, 0.15) is 5.82 Å². The van der Waals surface area contributed by atoms with Crippen LogP contribution in [0, 0.1) is 5.82 Å².